The molecule has 6 nitrogen and oxygen atoms in total. The first-order valence-electron chi connectivity index (χ1n) is 9.41. The van der Waals surface area contributed by atoms with Gasteiger partial charge >= 0.3 is 0 Å². The Labute approximate surface area is 172 Å². The van der Waals surface area contributed by atoms with Gasteiger partial charge in [0.2, 0.25) is 10.0 Å². The van der Waals surface area contributed by atoms with E-state index in [1.54, 1.807) is 7.05 Å². The largest absolute Gasteiger partial charge is 0.352 e. The molecular weight excluding hydrogens is 392 g/mol. The van der Waals surface area contributed by atoms with Crippen molar-refractivity contribution < 1.29 is 8.42 Å². The number of sulfonamides is 1. The fourth-order valence-electron chi connectivity index (χ4n) is 2.66. The SMILES string of the molecule is CCc1ccc(CNC(=NC)NCc2ccc(CS(=O)(=O)NC(C)C)cc2)s1. The Kier molecular flexibility index (Phi) is 8.47. The molecule has 0 bridgehead atoms. The van der Waals surface area contributed by atoms with Crippen molar-refractivity contribution in [3.05, 3.63) is 57.3 Å². The molecule has 1 heterocycles. The van der Waals surface area contributed by atoms with Crippen LogP contribution in [-0.2, 0) is 35.3 Å². The molecule has 1 aromatic carbocycles. The Hall–Kier alpha value is -1.90. The van der Waals surface area contributed by atoms with E-state index in [1.165, 1.54) is 9.75 Å². The van der Waals surface area contributed by atoms with E-state index in [2.05, 4.69) is 39.4 Å². The van der Waals surface area contributed by atoms with Gasteiger partial charge in [-0.2, -0.15) is 0 Å². The molecule has 0 aliphatic rings. The average molecular weight is 423 g/mol. The van der Waals surface area contributed by atoms with Crippen LogP contribution in [0.25, 0.3) is 0 Å². The first-order valence-corrected chi connectivity index (χ1v) is 11.9. The summed E-state index contributed by atoms with van der Waals surface area (Å²) in [6, 6.07) is 11.8. The Morgan fingerprint density at radius 2 is 1.61 bits per heavy atom. The molecule has 0 amide bonds. The van der Waals surface area contributed by atoms with Gasteiger partial charge in [0.1, 0.15) is 0 Å². The number of benzene rings is 1. The number of aryl methyl sites for hydroxylation is 1. The molecule has 0 atom stereocenters. The maximum atomic E-state index is 12.0. The second-order valence-electron chi connectivity index (χ2n) is 6.85. The summed E-state index contributed by atoms with van der Waals surface area (Å²) >= 11 is 1.81. The van der Waals surface area contributed by atoms with Crippen molar-refractivity contribution in [1.82, 2.24) is 15.4 Å². The van der Waals surface area contributed by atoms with Crippen molar-refractivity contribution in [1.29, 1.82) is 0 Å². The van der Waals surface area contributed by atoms with Crippen LogP contribution in [0, 0.1) is 0 Å². The second-order valence-corrected chi connectivity index (χ2v) is 9.86. The lowest BCUT2D eigenvalue weighted by atomic mass is 10.1. The fourth-order valence-corrected chi connectivity index (χ4v) is 4.99. The van der Waals surface area contributed by atoms with Gasteiger partial charge in [-0.25, -0.2) is 13.1 Å². The average Bonchev–Trinajstić information content (AvgIpc) is 3.10. The summed E-state index contributed by atoms with van der Waals surface area (Å²) in [6.45, 7) is 7.14. The van der Waals surface area contributed by atoms with Crippen LogP contribution in [0.5, 0.6) is 0 Å². The first-order chi connectivity index (χ1) is 13.3. The number of thiophene rings is 1. The van der Waals surface area contributed by atoms with Gasteiger partial charge in [-0.05, 0) is 43.5 Å². The normalized spacial score (nSPS) is 12.4. The minimum absolute atomic E-state index is 0.0112. The van der Waals surface area contributed by atoms with Crippen molar-refractivity contribution >= 4 is 27.3 Å². The molecule has 3 N–H and O–H groups in total. The van der Waals surface area contributed by atoms with Crippen molar-refractivity contribution in [3.8, 4) is 0 Å². The van der Waals surface area contributed by atoms with Gasteiger partial charge in [-0.15, -0.1) is 11.3 Å². The lowest BCUT2D eigenvalue weighted by Crippen LogP contribution is -2.36. The molecule has 0 aliphatic carbocycles. The summed E-state index contributed by atoms with van der Waals surface area (Å²) in [5.74, 6) is 0.724. The molecule has 0 saturated carbocycles. The number of nitrogens with one attached hydrogen (secondary N) is 3. The van der Waals surface area contributed by atoms with Crippen LogP contribution in [0.2, 0.25) is 0 Å². The fraction of sp³-hybridized carbons (Fsp3) is 0.450. The van der Waals surface area contributed by atoms with E-state index < -0.39 is 10.0 Å². The van der Waals surface area contributed by atoms with Gasteiger partial charge in [0.05, 0.1) is 12.3 Å². The molecule has 0 spiro atoms. The van der Waals surface area contributed by atoms with E-state index in [-0.39, 0.29) is 11.8 Å². The summed E-state index contributed by atoms with van der Waals surface area (Å²) < 4.78 is 26.6. The van der Waals surface area contributed by atoms with Crippen molar-refractivity contribution in [3.63, 3.8) is 0 Å². The second kappa shape index (κ2) is 10.6. The molecule has 2 aromatic rings. The number of hydrogen-bond donors (Lipinski definition) is 3. The van der Waals surface area contributed by atoms with E-state index in [0.717, 1.165) is 30.1 Å². The molecule has 0 radical (unpaired) electrons. The van der Waals surface area contributed by atoms with Gasteiger partial charge in [0, 0.05) is 29.4 Å². The topological polar surface area (TPSA) is 82.6 Å². The number of hydrogen-bond acceptors (Lipinski definition) is 4. The lowest BCUT2D eigenvalue weighted by Gasteiger charge is -2.12. The van der Waals surface area contributed by atoms with Crippen LogP contribution in [0.15, 0.2) is 41.4 Å². The quantitative estimate of drug-likeness (QED) is 0.429. The molecule has 154 valence electrons. The third-order valence-corrected chi connectivity index (χ3v) is 6.75. The van der Waals surface area contributed by atoms with Crippen molar-refractivity contribution in [2.24, 2.45) is 4.99 Å². The van der Waals surface area contributed by atoms with Crippen LogP contribution in [0.1, 0.15) is 41.7 Å². The zero-order valence-corrected chi connectivity index (χ0v) is 18.6. The first kappa shape index (κ1) is 22.4. The van der Waals surface area contributed by atoms with Gasteiger partial charge in [0.15, 0.2) is 5.96 Å². The Balaban J connectivity index is 1.84. The van der Waals surface area contributed by atoms with Crippen LogP contribution < -0.4 is 15.4 Å². The smallest absolute Gasteiger partial charge is 0.216 e. The van der Waals surface area contributed by atoms with Crippen LogP contribution in [0.3, 0.4) is 0 Å². The molecule has 0 fully saturated rings. The standard InChI is InChI=1S/C20H30N4O2S2/c1-5-18-10-11-19(27-18)13-23-20(21-4)22-12-16-6-8-17(9-7-16)14-28(25,26)24-15(2)3/h6-11,15,24H,5,12-14H2,1-4H3,(H2,21,22,23). The van der Waals surface area contributed by atoms with E-state index in [9.17, 15) is 8.42 Å². The molecule has 0 aliphatic heterocycles. The van der Waals surface area contributed by atoms with Crippen LogP contribution in [-0.4, -0.2) is 27.5 Å². The van der Waals surface area contributed by atoms with E-state index in [1.807, 2.05) is 49.4 Å². The Morgan fingerprint density at radius 3 is 2.18 bits per heavy atom. The highest BCUT2D eigenvalue weighted by Crippen LogP contribution is 2.16. The third-order valence-electron chi connectivity index (χ3n) is 3.97. The number of aliphatic imine (C=N–C) groups is 1. The Morgan fingerprint density at radius 1 is 1.00 bits per heavy atom. The van der Waals surface area contributed by atoms with Crippen molar-refractivity contribution in [2.45, 2.75) is 52.1 Å². The number of guanidine groups is 1. The zero-order chi connectivity index (χ0) is 20.6. The molecule has 0 saturated heterocycles. The maximum Gasteiger partial charge on any atom is 0.216 e. The highest BCUT2D eigenvalue weighted by atomic mass is 32.2. The highest BCUT2D eigenvalue weighted by molar-refractivity contribution is 7.88. The number of nitrogens with zero attached hydrogens (tertiary/aromatic N) is 1. The van der Waals surface area contributed by atoms with Gasteiger partial charge < -0.3 is 10.6 Å². The molecule has 1 aromatic heterocycles. The highest BCUT2D eigenvalue weighted by Gasteiger charge is 2.12. The molecular formula is C20H30N4O2S2. The van der Waals surface area contributed by atoms with Crippen LogP contribution in [0.4, 0.5) is 0 Å². The van der Waals surface area contributed by atoms with E-state index in [0.29, 0.717) is 6.54 Å². The van der Waals surface area contributed by atoms with Crippen molar-refractivity contribution in [2.75, 3.05) is 7.05 Å². The summed E-state index contributed by atoms with van der Waals surface area (Å²) in [7, 11) is -1.56. The van der Waals surface area contributed by atoms with E-state index in [4.69, 9.17) is 0 Å². The van der Waals surface area contributed by atoms with Gasteiger partial charge in [-0.3, -0.25) is 4.99 Å². The molecule has 8 heteroatoms. The van der Waals surface area contributed by atoms with Crippen LogP contribution >= 0.6 is 11.3 Å². The maximum absolute atomic E-state index is 12.0. The van der Waals surface area contributed by atoms with E-state index >= 15 is 0 Å². The monoisotopic (exact) mass is 422 g/mol. The third kappa shape index (κ3) is 7.61. The summed E-state index contributed by atoms with van der Waals surface area (Å²) in [6.07, 6.45) is 1.06. The summed E-state index contributed by atoms with van der Waals surface area (Å²) in [5.41, 5.74) is 1.83. The van der Waals surface area contributed by atoms with Gasteiger partial charge in [-0.1, -0.05) is 31.2 Å². The number of rotatable bonds is 9. The lowest BCUT2D eigenvalue weighted by molar-refractivity contribution is 0.569. The summed E-state index contributed by atoms with van der Waals surface area (Å²) in [4.78, 5) is 6.91. The minimum atomic E-state index is -3.30. The minimum Gasteiger partial charge on any atom is -0.352 e. The predicted octanol–water partition coefficient (Wildman–Crippen LogP) is 3.00. The molecule has 2 rings (SSSR count). The molecule has 28 heavy (non-hydrogen) atoms. The zero-order valence-electron chi connectivity index (χ0n) is 17.0. The van der Waals surface area contributed by atoms with Gasteiger partial charge in [0.25, 0.3) is 0 Å². The Bertz CT molecular complexity index is 872. The summed E-state index contributed by atoms with van der Waals surface area (Å²) in [5, 5.41) is 6.60. The predicted molar refractivity (Wildman–Crippen MR) is 118 cm³/mol. The molecule has 0 unspecified atom stereocenters.